The van der Waals surface area contributed by atoms with Crippen LogP contribution in [0.15, 0.2) is 0 Å². The summed E-state index contributed by atoms with van der Waals surface area (Å²) in [6, 6.07) is 0. The Labute approximate surface area is 109 Å². The maximum Gasteiger partial charge on any atom is 0.411 e. The van der Waals surface area contributed by atoms with Gasteiger partial charge in [-0.25, -0.2) is 0 Å². The van der Waals surface area contributed by atoms with Crippen molar-refractivity contribution in [1.29, 1.82) is 0 Å². The van der Waals surface area contributed by atoms with Crippen molar-refractivity contribution >= 4 is 0 Å². The Kier molecular flexibility index (Phi) is 5.32. The summed E-state index contributed by atoms with van der Waals surface area (Å²) in [5.74, 6) is 0. The smallest absolute Gasteiger partial charge is 0.371 e. The Morgan fingerprint density at radius 2 is 1.22 bits per heavy atom. The third kappa shape index (κ3) is 6.62. The van der Waals surface area contributed by atoms with E-state index in [1.165, 1.54) is 0 Å². The van der Waals surface area contributed by atoms with E-state index in [4.69, 9.17) is 4.74 Å². The summed E-state index contributed by atoms with van der Waals surface area (Å²) in [6.45, 7) is 13.4. The number of hydrogen-bond acceptors (Lipinski definition) is 1. The molecule has 0 saturated heterocycles. The SMILES string of the molecule is CC(C)(C)CC(C)(COCC(F)(F)F)C(C)(C)C. The number of ether oxygens (including phenoxy) is 1. The van der Waals surface area contributed by atoms with Crippen LogP contribution in [-0.2, 0) is 4.74 Å². The predicted molar refractivity (Wildman–Crippen MR) is 68.5 cm³/mol. The van der Waals surface area contributed by atoms with Gasteiger partial charge in [-0.15, -0.1) is 0 Å². The number of halogens is 3. The van der Waals surface area contributed by atoms with E-state index in [2.05, 4.69) is 41.5 Å². The lowest BCUT2D eigenvalue weighted by Gasteiger charge is -2.45. The van der Waals surface area contributed by atoms with Crippen molar-refractivity contribution in [3.05, 3.63) is 0 Å². The minimum absolute atomic E-state index is 0.0591. The molecule has 0 rings (SSSR count). The van der Waals surface area contributed by atoms with Crippen molar-refractivity contribution in [3.8, 4) is 0 Å². The van der Waals surface area contributed by atoms with Crippen LogP contribution in [0.25, 0.3) is 0 Å². The van der Waals surface area contributed by atoms with Crippen molar-refractivity contribution in [2.24, 2.45) is 16.2 Å². The van der Waals surface area contributed by atoms with Gasteiger partial charge in [-0.1, -0.05) is 48.5 Å². The van der Waals surface area contributed by atoms with Gasteiger partial charge in [0, 0.05) is 0 Å². The monoisotopic (exact) mass is 268 g/mol. The molecule has 0 saturated carbocycles. The van der Waals surface area contributed by atoms with Crippen molar-refractivity contribution in [2.45, 2.75) is 61.1 Å². The standard InChI is InChI=1S/C14H27F3O/c1-11(2,3)8-13(7,12(4,5)6)9-18-10-14(15,16)17/h8-10H2,1-7H3. The van der Waals surface area contributed by atoms with E-state index < -0.39 is 12.8 Å². The molecule has 1 nitrogen and oxygen atoms in total. The fraction of sp³-hybridized carbons (Fsp3) is 1.00. The molecule has 1 unspecified atom stereocenters. The van der Waals surface area contributed by atoms with E-state index in [1.807, 2.05) is 6.92 Å². The van der Waals surface area contributed by atoms with Crippen LogP contribution in [0, 0.1) is 16.2 Å². The molecule has 0 radical (unpaired) electrons. The zero-order chi connectivity index (χ0) is 14.8. The van der Waals surface area contributed by atoms with Crippen LogP contribution < -0.4 is 0 Å². The largest absolute Gasteiger partial charge is 0.411 e. The Bertz CT molecular complexity index is 258. The van der Waals surface area contributed by atoms with Crippen LogP contribution in [0.3, 0.4) is 0 Å². The highest BCUT2D eigenvalue weighted by Crippen LogP contribution is 2.46. The Balaban J connectivity index is 4.71. The second-order valence-electron chi connectivity index (χ2n) is 7.66. The highest BCUT2D eigenvalue weighted by molar-refractivity contribution is 4.89. The fourth-order valence-electron chi connectivity index (χ4n) is 2.10. The number of hydrogen-bond donors (Lipinski definition) is 0. The predicted octanol–water partition coefficient (Wildman–Crippen LogP) is 5.05. The first-order valence-electron chi connectivity index (χ1n) is 6.31. The van der Waals surface area contributed by atoms with Gasteiger partial charge in [0.1, 0.15) is 6.61 Å². The molecule has 0 N–H and O–H groups in total. The zero-order valence-electron chi connectivity index (χ0n) is 12.7. The zero-order valence-corrected chi connectivity index (χ0v) is 12.7. The quantitative estimate of drug-likeness (QED) is 0.693. The summed E-state index contributed by atoms with van der Waals surface area (Å²) in [6.07, 6.45) is -3.43. The molecule has 0 bridgehead atoms. The first-order valence-corrected chi connectivity index (χ1v) is 6.31. The van der Waals surface area contributed by atoms with Gasteiger partial charge in [0.05, 0.1) is 6.61 Å². The molecule has 0 aliphatic carbocycles. The molecule has 0 aromatic carbocycles. The molecule has 110 valence electrons. The molecule has 0 amide bonds. The van der Waals surface area contributed by atoms with Gasteiger partial charge in [-0.3, -0.25) is 0 Å². The first-order chi connectivity index (χ1) is 7.66. The molecule has 0 aromatic heterocycles. The van der Waals surface area contributed by atoms with Crippen LogP contribution in [0.1, 0.15) is 54.9 Å². The van der Waals surface area contributed by atoms with Crippen molar-refractivity contribution in [1.82, 2.24) is 0 Å². The Morgan fingerprint density at radius 3 is 1.50 bits per heavy atom. The van der Waals surface area contributed by atoms with Gasteiger partial charge in [0.2, 0.25) is 0 Å². The minimum atomic E-state index is -4.25. The van der Waals surface area contributed by atoms with Crippen LogP contribution in [-0.4, -0.2) is 19.4 Å². The second-order valence-corrected chi connectivity index (χ2v) is 7.66. The van der Waals surface area contributed by atoms with Crippen LogP contribution >= 0.6 is 0 Å². The molecule has 0 aliphatic rings. The second kappa shape index (κ2) is 5.40. The van der Waals surface area contributed by atoms with Gasteiger partial charge < -0.3 is 4.74 Å². The van der Waals surface area contributed by atoms with Crippen molar-refractivity contribution < 1.29 is 17.9 Å². The third-order valence-corrected chi connectivity index (χ3v) is 3.42. The molecule has 0 fully saturated rings. The summed E-state index contributed by atoms with van der Waals surface area (Å²) < 4.78 is 41.3. The summed E-state index contributed by atoms with van der Waals surface area (Å²) >= 11 is 0. The van der Waals surface area contributed by atoms with E-state index in [0.29, 0.717) is 0 Å². The normalized spacial score (nSPS) is 17.7. The first kappa shape index (κ1) is 17.8. The lowest BCUT2D eigenvalue weighted by molar-refractivity contribution is -0.186. The molecule has 4 heteroatoms. The lowest BCUT2D eigenvalue weighted by atomic mass is 9.62. The van der Waals surface area contributed by atoms with E-state index in [9.17, 15) is 13.2 Å². The molecule has 1 atom stereocenters. The van der Waals surface area contributed by atoms with Crippen LogP contribution in [0.2, 0.25) is 0 Å². The molecule has 18 heavy (non-hydrogen) atoms. The molecule has 0 aliphatic heterocycles. The highest BCUT2D eigenvalue weighted by atomic mass is 19.4. The summed E-state index contributed by atoms with van der Waals surface area (Å²) in [7, 11) is 0. The summed E-state index contributed by atoms with van der Waals surface area (Å²) in [5.41, 5.74) is -0.327. The van der Waals surface area contributed by atoms with Gasteiger partial charge in [-0.2, -0.15) is 13.2 Å². The minimum Gasteiger partial charge on any atom is -0.371 e. The Hall–Kier alpha value is -0.250. The topological polar surface area (TPSA) is 9.23 Å². The molecular weight excluding hydrogens is 241 g/mol. The van der Waals surface area contributed by atoms with Gasteiger partial charge in [-0.05, 0) is 22.7 Å². The lowest BCUT2D eigenvalue weighted by Crippen LogP contribution is -2.41. The van der Waals surface area contributed by atoms with Crippen LogP contribution in [0.4, 0.5) is 13.2 Å². The maximum absolute atomic E-state index is 12.1. The van der Waals surface area contributed by atoms with Gasteiger partial charge in [0.25, 0.3) is 0 Å². The fourth-order valence-corrected chi connectivity index (χ4v) is 2.10. The molecular formula is C14H27F3O. The third-order valence-electron chi connectivity index (χ3n) is 3.42. The molecule has 0 heterocycles. The average Bonchev–Trinajstić information content (AvgIpc) is 1.94. The van der Waals surface area contributed by atoms with Gasteiger partial charge >= 0.3 is 6.18 Å². The molecule has 0 spiro atoms. The van der Waals surface area contributed by atoms with Crippen molar-refractivity contribution in [3.63, 3.8) is 0 Å². The summed E-state index contributed by atoms with van der Waals surface area (Å²) in [5, 5.41) is 0. The van der Waals surface area contributed by atoms with Crippen LogP contribution in [0.5, 0.6) is 0 Å². The van der Waals surface area contributed by atoms with E-state index in [1.54, 1.807) is 0 Å². The molecule has 0 aromatic rings. The van der Waals surface area contributed by atoms with E-state index >= 15 is 0 Å². The van der Waals surface area contributed by atoms with E-state index in [-0.39, 0.29) is 22.9 Å². The number of alkyl halides is 3. The van der Waals surface area contributed by atoms with Gasteiger partial charge in [0.15, 0.2) is 0 Å². The highest BCUT2D eigenvalue weighted by Gasteiger charge is 2.41. The average molecular weight is 268 g/mol. The Morgan fingerprint density at radius 1 is 0.778 bits per heavy atom. The maximum atomic E-state index is 12.1. The van der Waals surface area contributed by atoms with Crippen molar-refractivity contribution in [2.75, 3.05) is 13.2 Å². The number of rotatable bonds is 4. The van der Waals surface area contributed by atoms with E-state index in [0.717, 1.165) is 6.42 Å². The summed E-state index contributed by atoms with van der Waals surface area (Å²) in [4.78, 5) is 0.